The van der Waals surface area contributed by atoms with E-state index in [0.29, 0.717) is 30.4 Å². The van der Waals surface area contributed by atoms with E-state index in [0.717, 1.165) is 36.4 Å². The van der Waals surface area contributed by atoms with Crippen molar-refractivity contribution in [3.8, 4) is 5.75 Å². The van der Waals surface area contributed by atoms with Crippen molar-refractivity contribution >= 4 is 17.5 Å². The minimum absolute atomic E-state index is 0.0565. The molecule has 1 aliphatic rings. The summed E-state index contributed by atoms with van der Waals surface area (Å²) >= 11 is 5.92. The molecule has 0 saturated carbocycles. The molecule has 7 heteroatoms. The lowest BCUT2D eigenvalue weighted by Gasteiger charge is -2.18. The van der Waals surface area contributed by atoms with Crippen molar-refractivity contribution < 1.29 is 9.53 Å². The number of halogens is 1. The Hall–Kier alpha value is -2.05. The van der Waals surface area contributed by atoms with Gasteiger partial charge in [-0.3, -0.25) is 9.89 Å². The first kappa shape index (κ1) is 16.8. The van der Waals surface area contributed by atoms with Crippen molar-refractivity contribution in [1.29, 1.82) is 0 Å². The van der Waals surface area contributed by atoms with Crippen LogP contribution < -0.4 is 10.1 Å². The summed E-state index contributed by atoms with van der Waals surface area (Å²) in [5.41, 5.74) is 2.58. The van der Waals surface area contributed by atoms with E-state index in [-0.39, 0.29) is 5.91 Å². The largest absolute Gasteiger partial charge is 0.493 e. The zero-order chi connectivity index (χ0) is 16.9. The SMILES string of the molecule is CN(CCCOc1cccc(Cl)c1)C(=O)c1n[nH]c2c1CNCC2. The lowest BCUT2D eigenvalue weighted by molar-refractivity contribution is 0.0780. The van der Waals surface area contributed by atoms with Gasteiger partial charge in [0.05, 0.1) is 6.61 Å². The molecule has 0 aliphatic carbocycles. The topological polar surface area (TPSA) is 70.2 Å². The van der Waals surface area contributed by atoms with Gasteiger partial charge in [0.2, 0.25) is 0 Å². The normalized spacial score (nSPS) is 13.4. The molecule has 6 nitrogen and oxygen atoms in total. The fourth-order valence-electron chi connectivity index (χ4n) is 2.73. The van der Waals surface area contributed by atoms with Crippen molar-refractivity contribution in [2.75, 3.05) is 26.7 Å². The van der Waals surface area contributed by atoms with Crippen LogP contribution in [0.5, 0.6) is 5.75 Å². The van der Waals surface area contributed by atoms with Crippen LogP contribution in [0.4, 0.5) is 0 Å². The van der Waals surface area contributed by atoms with Crippen molar-refractivity contribution in [3.05, 3.63) is 46.2 Å². The average molecular weight is 349 g/mol. The molecule has 0 saturated heterocycles. The third kappa shape index (κ3) is 3.88. The van der Waals surface area contributed by atoms with Crippen LogP contribution in [-0.2, 0) is 13.0 Å². The maximum absolute atomic E-state index is 12.5. The summed E-state index contributed by atoms with van der Waals surface area (Å²) in [5.74, 6) is 0.683. The van der Waals surface area contributed by atoms with Crippen LogP contribution in [0.15, 0.2) is 24.3 Å². The zero-order valence-electron chi connectivity index (χ0n) is 13.6. The second-order valence-corrected chi connectivity index (χ2v) is 6.28. The number of amides is 1. The summed E-state index contributed by atoms with van der Waals surface area (Å²) in [6, 6.07) is 7.30. The van der Waals surface area contributed by atoms with E-state index in [1.165, 1.54) is 0 Å². The third-order valence-electron chi connectivity index (χ3n) is 4.06. The molecule has 24 heavy (non-hydrogen) atoms. The smallest absolute Gasteiger partial charge is 0.274 e. The van der Waals surface area contributed by atoms with Crippen LogP contribution >= 0.6 is 11.6 Å². The van der Waals surface area contributed by atoms with Crippen LogP contribution in [0.3, 0.4) is 0 Å². The molecule has 128 valence electrons. The van der Waals surface area contributed by atoms with Gasteiger partial charge in [-0.15, -0.1) is 0 Å². The molecular weight excluding hydrogens is 328 g/mol. The molecule has 0 bridgehead atoms. The minimum atomic E-state index is -0.0565. The maximum atomic E-state index is 12.5. The summed E-state index contributed by atoms with van der Waals surface area (Å²) in [4.78, 5) is 14.2. The van der Waals surface area contributed by atoms with Crippen LogP contribution in [0.1, 0.15) is 28.2 Å². The highest BCUT2D eigenvalue weighted by molar-refractivity contribution is 6.30. The Bertz CT molecular complexity index is 716. The number of aromatic amines is 1. The molecule has 0 unspecified atom stereocenters. The van der Waals surface area contributed by atoms with Crippen molar-refractivity contribution in [2.24, 2.45) is 0 Å². The van der Waals surface area contributed by atoms with Gasteiger partial charge in [0.15, 0.2) is 5.69 Å². The van der Waals surface area contributed by atoms with E-state index >= 15 is 0 Å². The van der Waals surface area contributed by atoms with Crippen molar-refractivity contribution in [1.82, 2.24) is 20.4 Å². The number of benzene rings is 1. The van der Waals surface area contributed by atoms with E-state index < -0.39 is 0 Å². The molecule has 3 rings (SSSR count). The van der Waals surface area contributed by atoms with Gasteiger partial charge in [-0.1, -0.05) is 17.7 Å². The summed E-state index contributed by atoms with van der Waals surface area (Å²) in [6.07, 6.45) is 1.62. The maximum Gasteiger partial charge on any atom is 0.274 e. The number of aromatic nitrogens is 2. The van der Waals surface area contributed by atoms with Gasteiger partial charge in [0, 0.05) is 49.4 Å². The quantitative estimate of drug-likeness (QED) is 0.785. The van der Waals surface area contributed by atoms with E-state index in [2.05, 4.69) is 15.5 Å². The van der Waals surface area contributed by atoms with Crippen LogP contribution in [0.25, 0.3) is 0 Å². The lowest BCUT2D eigenvalue weighted by atomic mass is 10.1. The van der Waals surface area contributed by atoms with E-state index in [1.807, 2.05) is 12.1 Å². The number of hydrogen-bond acceptors (Lipinski definition) is 4. The number of ether oxygens (including phenoxy) is 1. The average Bonchev–Trinajstić information content (AvgIpc) is 3.02. The summed E-state index contributed by atoms with van der Waals surface area (Å²) in [5, 5.41) is 11.1. The summed E-state index contributed by atoms with van der Waals surface area (Å²) in [7, 11) is 1.79. The molecule has 0 fully saturated rings. The molecule has 1 aromatic heterocycles. The molecule has 2 heterocycles. The number of hydrogen-bond donors (Lipinski definition) is 2. The molecule has 1 amide bonds. The predicted molar refractivity (Wildman–Crippen MR) is 92.5 cm³/mol. The van der Waals surface area contributed by atoms with Crippen molar-refractivity contribution in [2.45, 2.75) is 19.4 Å². The number of fused-ring (bicyclic) bond motifs is 1. The fraction of sp³-hybridized carbons (Fsp3) is 0.412. The molecule has 2 N–H and O–H groups in total. The Balaban J connectivity index is 1.49. The molecular formula is C17H21ClN4O2. The lowest BCUT2D eigenvalue weighted by Crippen LogP contribution is -2.31. The number of H-pyrrole nitrogens is 1. The zero-order valence-corrected chi connectivity index (χ0v) is 14.4. The Kier molecular flexibility index (Phi) is 5.37. The predicted octanol–water partition coefficient (Wildman–Crippen LogP) is 2.25. The standard InChI is InChI=1S/C17H21ClN4O2/c1-22(8-3-9-24-13-5-2-4-12(18)10-13)17(23)16-14-11-19-7-6-15(14)20-21-16/h2,4-5,10,19H,3,6-9,11H2,1H3,(H,20,21). The van der Waals surface area contributed by atoms with Gasteiger partial charge in [-0.25, -0.2) is 0 Å². The Morgan fingerprint density at radius 3 is 3.17 bits per heavy atom. The van der Waals surface area contributed by atoms with E-state index in [1.54, 1.807) is 24.1 Å². The van der Waals surface area contributed by atoms with Gasteiger partial charge in [-0.05, 0) is 24.6 Å². The van der Waals surface area contributed by atoms with Gasteiger partial charge in [-0.2, -0.15) is 5.10 Å². The Morgan fingerprint density at radius 1 is 1.46 bits per heavy atom. The number of carbonyl (C=O) groups is 1. The van der Waals surface area contributed by atoms with Crippen molar-refractivity contribution in [3.63, 3.8) is 0 Å². The highest BCUT2D eigenvalue weighted by Gasteiger charge is 2.23. The van der Waals surface area contributed by atoms with Crippen LogP contribution in [0.2, 0.25) is 5.02 Å². The third-order valence-corrected chi connectivity index (χ3v) is 4.29. The molecule has 0 atom stereocenters. The Labute approximate surface area is 146 Å². The first-order valence-electron chi connectivity index (χ1n) is 8.06. The Morgan fingerprint density at radius 2 is 2.33 bits per heavy atom. The molecule has 0 radical (unpaired) electrons. The highest BCUT2D eigenvalue weighted by atomic mass is 35.5. The number of nitrogens with one attached hydrogen (secondary N) is 2. The first-order valence-corrected chi connectivity index (χ1v) is 8.43. The number of nitrogens with zero attached hydrogens (tertiary/aromatic N) is 2. The second-order valence-electron chi connectivity index (χ2n) is 5.84. The molecule has 0 spiro atoms. The van der Waals surface area contributed by atoms with E-state index in [9.17, 15) is 4.79 Å². The summed E-state index contributed by atoms with van der Waals surface area (Å²) < 4.78 is 5.64. The van der Waals surface area contributed by atoms with E-state index in [4.69, 9.17) is 16.3 Å². The molecule has 1 aliphatic heterocycles. The van der Waals surface area contributed by atoms with Gasteiger partial charge < -0.3 is 15.0 Å². The van der Waals surface area contributed by atoms with Gasteiger partial charge in [0.25, 0.3) is 5.91 Å². The van der Waals surface area contributed by atoms with Gasteiger partial charge >= 0.3 is 0 Å². The first-order chi connectivity index (χ1) is 11.6. The minimum Gasteiger partial charge on any atom is -0.493 e. The monoisotopic (exact) mass is 348 g/mol. The number of rotatable bonds is 6. The second kappa shape index (κ2) is 7.68. The number of carbonyl (C=O) groups excluding carboxylic acids is 1. The molecule has 1 aromatic carbocycles. The highest BCUT2D eigenvalue weighted by Crippen LogP contribution is 2.18. The summed E-state index contributed by atoms with van der Waals surface area (Å²) in [6.45, 7) is 2.74. The molecule has 2 aromatic rings. The fourth-order valence-corrected chi connectivity index (χ4v) is 2.91. The van der Waals surface area contributed by atoms with Crippen LogP contribution in [-0.4, -0.2) is 47.7 Å². The van der Waals surface area contributed by atoms with Crippen LogP contribution in [0, 0.1) is 0 Å². The van der Waals surface area contributed by atoms with Gasteiger partial charge in [0.1, 0.15) is 5.75 Å².